The summed E-state index contributed by atoms with van der Waals surface area (Å²) in [7, 11) is -4.40. The van der Waals surface area contributed by atoms with E-state index in [1.807, 2.05) is 0 Å². The summed E-state index contributed by atoms with van der Waals surface area (Å²) in [5, 5.41) is 37.8. The second-order valence-corrected chi connectivity index (χ2v) is 11.4. The summed E-state index contributed by atoms with van der Waals surface area (Å²) in [5.41, 5.74) is 0.317. The largest absolute Gasteiger partial charge is 0.394 e. The lowest BCUT2D eigenvalue weighted by atomic mass is 10.1. The molecule has 4 N–H and O–H groups in total. The molecule has 18 heteroatoms. The maximum atomic E-state index is 13.4. The van der Waals surface area contributed by atoms with Crippen molar-refractivity contribution < 1.29 is 42.4 Å². The molecule has 5 atom stereocenters. The van der Waals surface area contributed by atoms with Crippen molar-refractivity contribution in [1.29, 1.82) is 0 Å². The molecule has 3 unspecified atom stereocenters. The number of hydrogen-bond acceptors (Lipinski definition) is 13. The van der Waals surface area contributed by atoms with E-state index < -0.39 is 47.0 Å². The van der Waals surface area contributed by atoms with Gasteiger partial charge in [0, 0.05) is 6.61 Å². The highest BCUT2D eigenvalue weighted by molar-refractivity contribution is 7.93. The van der Waals surface area contributed by atoms with E-state index in [0.29, 0.717) is 29.5 Å². The minimum atomic E-state index is -4.40. The number of fused-ring (bicyclic) bond motifs is 1. The average molecular weight is 605 g/mol. The van der Waals surface area contributed by atoms with Gasteiger partial charge < -0.3 is 30.1 Å². The van der Waals surface area contributed by atoms with E-state index >= 15 is 0 Å². The topological polar surface area (TPSA) is 207 Å². The van der Waals surface area contributed by atoms with Crippen LogP contribution in [0, 0.1) is 5.82 Å². The Bertz CT molecular complexity index is 1710. The SMILES string of the molecule is O=CN(c1cnn(-c2nc(NC3CCOC3)c3ncn([C@@H]4O[C@H](CO)C(O)C4O)c3n2)c1)S(=O)(=O)c1ccc(F)cc1. The molecule has 0 saturated carbocycles. The first-order chi connectivity index (χ1) is 20.2. The van der Waals surface area contributed by atoms with E-state index in [2.05, 4.69) is 25.4 Å². The number of benzene rings is 1. The van der Waals surface area contributed by atoms with Crippen molar-refractivity contribution in [2.75, 3.05) is 29.4 Å². The van der Waals surface area contributed by atoms with Gasteiger partial charge in [0.15, 0.2) is 23.2 Å². The van der Waals surface area contributed by atoms with Crippen LogP contribution in [-0.2, 0) is 24.3 Å². The lowest BCUT2D eigenvalue weighted by Crippen LogP contribution is -2.33. The fourth-order valence-corrected chi connectivity index (χ4v) is 5.95. The number of carbonyl (C=O) groups is 1. The molecule has 1 aromatic carbocycles. The van der Waals surface area contributed by atoms with Crippen LogP contribution >= 0.6 is 0 Å². The summed E-state index contributed by atoms with van der Waals surface area (Å²) >= 11 is 0. The predicted molar refractivity (Wildman–Crippen MR) is 140 cm³/mol. The molecule has 2 aliphatic rings. The number of aliphatic hydroxyl groups excluding tert-OH is 3. The number of nitrogens with zero attached hydrogens (tertiary/aromatic N) is 7. The third-order valence-electron chi connectivity index (χ3n) is 6.97. The Balaban J connectivity index is 1.41. The lowest BCUT2D eigenvalue weighted by Gasteiger charge is -2.17. The summed E-state index contributed by atoms with van der Waals surface area (Å²) < 4.78 is 53.6. The standard InChI is InChI=1S/C24H25FN8O8S/c25-13-1-3-16(4-2-13)42(38,39)33(12-35)15-7-27-32(8-15)24-29-21(28-14-5-6-40-10-14)18-22(30-24)31(11-26-18)23-20(37)19(36)17(9-34)41-23/h1-4,7-8,11-12,14,17,19-20,23,34,36-37H,5-6,9-10H2,(H,28,29,30)/t14?,17-,19?,20?,23-/m1/s1. The minimum absolute atomic E-state index is 0.0614. The minimum Gasteiger partial charge on any atom is -0.394 e. The van der Waals surface area contributed by atoms with Crippen LogP contribution in [0.15, 0.2) is 47.9 Å². The van der Waals surface area contributed by atoms with Crippen LogP contribution in [0.5, 0.6) is 0 Å². The maximum absolute atomic E-state index is 13.4. The molecule has 0 spiro atoms. The van der Waals surface area contributed by atoms with E-state index in [1.165, 1.54) is 17.1 Å². The predicted octanol–water partition coefficient (Wildman–Crippen LogP) is -0.685. The number of sulfonamides is 1. The normalized spacial score (nSPS) is 24.3. The molecule has 222 valence electrons. The summed E-state index contributed by atoms with van der Waals surface area (Å²) in [6, 6.07) is 3.89. The van der Waals surface area contributed by atoms with Gasteiger partial charge in [-0.05, 0) is 30.7 Å². The zero-order chi connectivity index (χ0) is 29.6. The van der Waals surface area contributed by atoms with Crippen molar-refractivity contribution >= 4 is 39.1 Å². The van der Waals surface area contributed by atoms with Crippen molar-refractivity contribution in [3.63, 3.8) is 0 Å². The van der Waals surface area contributed by atoms with Crippen LogP contribution < -0.4 is 9.62 Å². The number of nitrogens with one attached hydrogen (secondary N) is 1. The van der Waals surface area contributed by atoms with Crippen molar-refractivity contribution in [3.05, 3.63) is 48.8 Å². The van der Waals surface area contributed by atoms with Crippen molar-refractivity contribution in [2.24, 2.45) is 0 Å². The van der Waals surface area contributed by atoms with Gasteiger partial charge in [0.25, 0.3) is 16.0 Å². The Morgan fingerprint density at radius 2 is 1.98 bits per heavy atom. The first kappa shape index (κ1) is 28.1. The molecule has 16 nitrogen and oxygen atoms in total. The molecule has 6 rings (SSSR count). The van der Waals surface area contributed by atoms with E-state index in [0.717, 1.165) is 35.1 Å². The third-order valence-corrected chi connectivity index (χ3v) is 8.65. The van der Waals surface area contributed by atoms with Crippen molar-refractivity contribution in [2.45, 2.75) is 41.9 Å². The van der Waals surface area contributed by atoms with E-state index in [9.17, 15) is 32.9 Å². The number of anilines is 2. The second kappa shape index (κ2) is 11.0. The number of rotatable bonds is 9. The Morgan fingerprint density at radius 3 is 2.64 bits per heavy atom. The van der Waals surface area contributed by atoms with Gasteiger partial charge in [-0.2, -0.15) is 15.1 Å². The van der Waals surface area contributed by atoms with Crippen molar-refractivity contribution in [1.82, 2.24) is 29.3 Å². The Labute approximate surface area is 237 Å². The van der Waals surface area contributed by atoms with Gasteiger partial charge in [0.1, 0.15) is 24.1 Å². The lowest BCUT2D eigenvalue weighted by molar-refractivity contribution is -0.106. The van der Waals surface area contributed by atoms with Gasteiger partial charge in [-0.15, -0.1) is 0 Å². The summed E-state index contributed by atoms with van der Waals surface area (Å²) in [6.45, 7) is 0.431. The van der Waals surface area contributed by atoms with E-state index in [-0.39, 0.29) is 40.4 Å². The smallest absolute Gasteiger partial charge is 0.270 e. The van der Waals surface area contributed by atoms with Crippen molar-refractivity contribution in [3.8, 4) is 5.95 Å². The van der Waals surface area contributed by atoms with Gasteiger partial charge in [-0.1, -0.05) is 0 Å². The van der Waals surface area contributed by atoms with Crippen LogP contribution in [0.4, 0.5) is 15.9 Å². The van der Waals surface area contributed by atoms with E-state index in [4.69, 9.17) is 9.47 Å². The molecular weight excluding hydrogens is 579 g/mol. The number of ether oxygens (including phenoxy) is 2. The highest BCUT2D eigenvalue weighted by Gasteiger charge is 2.44. The number of imidazole rings is 1. The molecule has 2 aliphatic heterocycles. The molecule has 0 radical (unpaired) electrons. The zero-order valence-corrected chi connectivity index (χ0v) is 22.5. The average Bonchev–Trinajstić information content (AvgIpc) is 3.78. The quantitative estimate of drug-likeness (QED) is 0.175. The number of aliphatic hydroxyl groups is 3. The molecule has 2 saturated heterocycles. The fourth-order valence-electron chi connectivity index (χ4n) is 4.76. The number of aromatic nitrogens is 6. The van der Waals surface area contributed by atoms with Crippen LogP contribution in [0.3, 0.4) is 0 Å². The van der Waals surface area contributed by atoms with Crippen LogP contribution in [0.25, 0.3) is 17.1 Å². The zero-order valence-electron chi connectivity index (χ0n) is 21.6. The molecule has 42 heavy (non-hydrogen) atoms. The second-order valence-electron chi connectivity index (χ2n) is 9.63. The van der Waals surface area contributed by atoms with Gasteiger partial charge in [0.05, 0.1) is 48.6 Å². The van der Waals surface area contributed by atoms with Gasteiger partial charge in [0.2, 0.25) is 6.41 Å². The number of hydrogen-bond donors (Lipinski definition) is 4. The van der Waals surface area contributed by atoms with Crippen LogP contribution in [0.1, 0.15) is 12.6 Å². The molecule has 1 amide bonds. The molecule has 3 aromatic heterocycles. The third kappa shape index (κ3) is 4.86. The molecule has 4 aromatic rings. The molecule has 0 aliphatic carbocycles. The highest BCUT2D eigenvalue weighted by atomic mass is 32.2. The Hall–Kier alpha value is -4.07. The molecule has 2 fully saturated rings. The maximum Gasteiger partial charge on any atom is 0.270 e. The summed E-state index contributed by atoms with van der Waals surface area (Å²) in [4.78, 5) is 25.0. The number of amides is 1. The Kier molecular flexibility index (Phi) is 7.33. The van der Waals surface area contributed by atoms with Gasteiger partial charge in [-0.3, -0.25) is 9.36 Å². The summed E-state index contributed by atoms with van der Waals surface area (Å²) in [6.07, 6.45) is -0.500. The Morgan fingerprint density at radius 1 is 1.19 bits per heavy atom. The fraction of sp³-hybridized carbons (Fsp3) is 0.375. The molecular formula is C24H25FN8O8S. The molecule has 5 heterocycles. The number of carbonyl (C=O) groups excluding carboxylic acids is 1. The first-order valence-electron chi connectivity index (χ1n) is 12.7. The highest BCUT2D eigenvalue weighted by Crippen LogP contribution is 2.33. The van der Waals surface area contributed by atoms with Crippen LogP contribution in [0.2, 0.25) is 0 Å². The van der Waals surface area contributed by atoms with Gasteiger partial charge in [-0.25, -0.2) is 26.8 Å². The number of halogens is 1. The van der Waals surface area contributed by atoms with Gasteiger partial charge >= 0.3 is 0 Å². The first-order valence-corrected chi connectivity index (χ1v) is 14.2. The monoisotopic (exact) mass is 604 g/mol. The van der Waals surface area contributed by atoms with Crippen LogP contribution in [-0.4, -0.2) is 104 Å². The summed E-state index contributed by atoms with van der Waals surface area (Å²) in [5.74, 6) is -0.426. The van der Waals surface area contributed by atoms with E-state index in [1.54, 1.807) is 0 Å². The molecule has 0 bridgehead atoms.